The highest BCUT2D eigenvalue weighted by Crippen LogP contribution is 2.05. The quantitative estimate of drug-likeness (QED) is 0.561. The Morgan fingerprint density at radius 2 is 1.78 bits per heavy atom. The van der Waals surface area contributed by atoms with Crippen molar-refractivity contribution in [1.82, 2.24) is 0 Å². The van der Waals surface area contributed by atoms with E-state index in [0.717, 1.165) is 10.4 Å². The summed E-state index contributed by atoms with van der Waals surface area (Å²) in [6.07, 6.45) is 0. The highest BCUT2D eigenvalue weighted by Gasteiger charge is 1.83. The Balaban J connectivity index is 2.88. The second-order valence-electron chi connectivity index (χ2n) is 2.12. The third kappa shape index (κ3) is 1.57. The van der Waals surface area contributed by atoms with Gasteiger partial charge in [-0.3, -0.25) is 0 Å². The maximum atomic E-state index is 3.19. The summed E-state index contributed by atoms with van der Waals surface area (Å²) in [6, 6.07) is 8.42. The molecule has 0 spiro atoms. The van der Waals surface area contributed by atoms with Crippen LogP contribution in [0, 0.1) is 6.92 Å². The van der Waals surface area contributed by atoms with Gasteiger partial charge in [0.2, 0.25) is 0 Å². The molecule has 9 heavy (non-hydrogen) atoms. The Morgan fingerprint density at radius 3 is 2.22 bits per heavy atom. The molecular weight excluding hydrogens is 126 g/mol. The summed E-state index contributed by atoms with van der Waals surface area (Å²) in [6.45, 7) is 2.09. The third-order valence-corrected chi connectivity index (χ3v) is 1.92. The molecule has 1 aromatic rings. The van der Waals surface area contributed by atoms with Gasteiger partial charge >= 0.3 is 0 Å². The van der Waals surface area contributed by atoms with Crippen LogP contribution in [0.4, 0.5) is 5.69 Å². The first kappa shape index (κ1) is 6.36. The SMILES string of the molecule is Cc1ccc(N[SiH3])cc1. The summed E-state index contributed by atoms with van der Waals surface area (Å²) in [4.78, 5) is 3.19. The summed E-state index contributed by atoms with van der Waals surface area (Å²) < 4.78 is 0. The minimum absolute atomic E-state index is 1.02. The largest absolute Gasteiger partial charge is 0.419 e. The summed E-state index contributed by atoms with van der Waals surface area (Å²) in [5.74, 6) is 0. The van der Waals surface area contributed by atoms with Gasteiger partial charge in [0.25, 0.3) is 0 Å². The standard InChI is InChI=1S/C7H11NSi/c1-6-2-4-7(8-9)5-3-6/h2-5,8H,1,9H3. The van der Waals surface area contributed by atoms with Crippen molar-refractivity contribution in [1.29, 1.82) is 0 Å². The van der Waals surface area contributed by atoms with Crippen molar-refractivity contribution in [2.75, 3.05) is 4.98 Å². The van der Waals surface area contributed by atoms with Crippen molar-refractivity contribution >= 4 is 16.1 Å². The van der Waals surface area contributed by atoms with E-state index in [1.54, 1.807) is 0 Å². The first-order valence-electron chi connectivity index (χ1n) is 3.07. The monoisotopic (exact) mass is 137 g/mol. The van der Waals surface area contributed by atoms with Gasteiger partial charge in [-0.1, -0.05) is 17.7 Å². The normalized spacial score (nSPS) is 9.44. The summed E-state index contributed by atoms with van der Waals surface area (Å²) in [7, 11) is 1.02. The molecule has 1 nitrogen and oxygen atoms in total. The van der Waals surface area contributed by atoms with Crippen LogP contribution in [0.2, 0.25) is 0 Å². The van der Waals surface area contributed by atoms with Gasteiger partial charge in [0.1, 0.15) is 10.4 Å². The van der Waals surface area contributed by atoms with Gasteiger partial charge in [0, 0.05) is 5.69 Å². The molecule has 0 radical (unpaired) electrons. The van der Waals surface area contributed by atoms with Crippen LogP contribution in [0.25, 0.3) is 0 Å². The minimum atomic E-state index is 1.02. The van der Waals surface area contributed by atoms with Crippen LogP contribution in [-0.4, -0.2) is 10.4 Å². The van der Waals surface area contributed by atoms with E-state index < -0.39 is 0 Å². The second-order valence-corrected chi connectivity index (χ2v) is 2.62. The average molecular weight is 137 g/mol. The lowest BCUT2D eigenvalue weighted by atomic mass is 10.2. The van der Waals surface area contributed by atoms with Crippen molar-refractivity contribution in [3.8, 4) is 0 Å². The molecule has 0 amide bonds. The molecule has 1 rings (SSSR count). The van der Waals surface area contributed by atoms with E-state index in [-0.39, 0.29) is 0 Å². The molecule has 0 aliphatic heterocycles. The average Bonchev–Trinajstić information content (AvgIpc) is 1.90. The first-order valence-corrected chi connectivity index (χ1v) is 4.07. The van der Waals surface area contributed by atoms with E-state index in [4.69, 9.17) is 0 Å². The molecule has 0 atom stereocenters. The van der Waals surface area contributed by atoms with Crippen molar-refractivity contribution in [2.45, 2.75) is 6.92 Å². The summed E-state index contributed by atoms with van der Waals surface area (Å²) in [5, 5.41) is 0. The van der Waals surface area contributed by atoms with Crippen LogP contribution in [0.3, 0.4) is 0 Å². The molecular formula is C7H11NSi. The lowest BCUT2D eigenvalue weighted by molar-refractivity contribution is 1.47. The molecule has 0 saturated carbocycles. The van der Waals surface area contributed by atoms with Crippen molar-refractivity contribution < 1.29 is 0 Å². The van der Waals surface area contributed by atoms with E-state index in [1.807, 2.05) is 0 Å². The molecule has 1 N–H and O–H groups in total. The maximum absolute atomic E-state index is 3.19. The maximum Gasteiger partial charge on any atom is 0.104 e. The Bertz CT molecular complexity index is 181. The minimum Gasteiger partial charge on any atom is -0.419 e. The molecule has 0 saturated heterocycles. The van der Waals surface area contributed by atoms with Gasteiger partial charge in [-0.2, -0.15) is 0 Å². The van der Waals surface area contributed by atoms with Crippen molar-refractivity contribution in [3.63, 3.8) is 0 Å². The van der Waals surface area contributed by atoms with Gasteiger partial charge in [-0.15, -0.1) is 0 Å². The number of hydrogen-bond acceptors (Lipinski definition) is 1. The fourth-order valence-corrected chi connectivity index (χ4v) is 1.05. The number of nitrogens with one attached hydrogen (secondary N) is 1. The predicted molar refractivity (Wildman–Crippen MR) is 44.7 cm³/mol. The van der Waals surface area contributed by atoms with Gasteiger partial charge < -0.3 is 4.98 Å². The zero-order valence-corrected chi connectivity index (χ0v) is 7.81. The van der Waals surface area contributed by atoms with Crippen molar-refractivity contribution in [2.24, 2.45) is 0 Å². The van der Waals surface area contributed by atoms with Gasteiger partial charge in [0.15, 0.2) is 0 Å². The number of benzene rings is 1. The molecule has 1 aromatic carbocycles. The fourth-order valence-electron chi connectivity index (χ4n) is 0.720. The Morgan fingerprint density at radius 1 is 1.22 bits per heavy atom. The zero-order valence-electron chi connectivity index (χ0n) is 5.81. The van der Waals surface area contributed by atoms with Crippen LogP contribution < -0.4 is 4.98 Å². The highest BCUT2D eigenvalue weighted by atomic mass is 28.2. The molecule has 48 valence electrons. The number of anilines is 1. The van der Waals surface area contributed by atoms with Crippen molar-refractivity contribution in [3.05, 3.63) is 29.8 Å². The van der Waals surface area contributed by atoms with Gasteiger partial charge in [0.05, 0.1) is 0 Å². The fraction of sp³-hybridized carbons (Fsp3) is 0.143. The topological polar surface area (TPSA) is 12.0 Å². The summed E-state index contributed by atoms with van der Waals surface area (Å²) >= 11 is 0. The molecule has 0 unspecified atom stereocenters. The van der Waals surface area contributed by atoms with Crippen LogP contribution in [0.5, 0.6) is 0 Å². The highest BCUT2D eigenvalue weighted by molar-refractivity contribution is 6.15. The Hall–Kier alpha value is -0.763. The number of rotatable bonds is 1. The Kier molecular flexibility index (Phi) is 1.90. The number of aryl methyl sites for hydroxylation is 1. The smallest absolute Gasteiger partial charge is 0.104 e. The summed E-state index contributed by atoms with van der Waals surface area (Å²) in [5.41, 5.74) is 2.54. The van der Waals surface area contributed by atoms with E-state index in [0.29, 0.717) is 0 Å². The van der Waals surface area contributed by atoms with Gasteiger partial charge in [-0.25, -0.2) is 0 Å². The van der Waals surface area contributed by atoms with E-state index in [1.165, 1.54) is 11.3 Å². The number of hydrogen-bond donors (Lipinski definition) is 1. The molecule has 2 heteroatoms. The van der Waals surface area contributed by atoms with E-state index in [2.05, 4.69) is 36.2 Å². The lowest BCUT2D eigenvalue weighted by Crippen LogP contribution is -1.88. The first-order chi connectivity index (χ1) is 4.33. The van der Waals surface area contributed by atoms with Gasteiger partial charge in [-0.05, 0) is 19.1 Å². The van der Waals surface area contributed by atoms with Crippen LogP contribution in [0.1, 0.15) is 5.56 Å². The molecule has 0 heterocycles. The Labute approximate surface area is 58.6 Å². The van der Waals surface area contributed by atoms with Crippen LogP contribution in [0.15, 0.2) is 24.3 Å². The lowest BCUT2D eigenvalue weighted by Gasteiger charge is -1.97. The third-order valence-electron chi connectivity index (χ3n) is 1.34. The van der Waals surface area contributed by atoms with Crippen LogP contribution >= 0.6 is 0 Å². The molecule has 0 fully saturated rings. The predicted octanol–water partition coefficient (Wildman–Crippen LogP) is 0.687. The molecule has 0 bridgehead atoms. The van der Waals surface area contributed by atoms with E-state index >= 15 is 0 Å². The van der Waals surface area contributed by atoms with E-state index in [9.17, 15) is 0 Å². The van der Waals surface area contributed by atoms with Crippen LogP contribution in [-0.2, 0) is 0 Å². The second kappa shape index (κ2) is 2.69. The molecule has 0 aromatic heterocycles. The zero-order chi connectivity index (χ0) is 6.69. The molecule has 0 aliphatic rings. The molecule has 0 aliphatic carbocycles.